The van der Waals surface area contributed by atoms with Crippen LogP contribution in [-0.2, 0) is 0 Å². The van der Waals surface area contributed by atoms with E-state index in [9.17, 15) is 0 Å². The molecular weight excluding hydrogens is 90.1 g/mol. The summed E-state index contributed by atoms with van der Waals surface area (Å²) in [6, 6.07) is 0. The van der Waals surface area contributed by atoms with Crippen LogP contribution in [0.4, 0.5) is 0 Å². The zero-order chi connectivity index (χ0) is 4.99. The lowest BCUT2D eigenvalue weighted by atomic mass is 11.2. The summed E-state index contributed by atoms with van der Waals surface area (Å²) in [4.78, 5) is 0. The quantitative estimate of drug-likeness (QED) is 0.501. The van der Waals surface area contributed by atoms with E-state index in [0.717, 1.165) is 0 Å². The van der Waals surface area contributed by atoms with Crippen LogP contribution in [0.5, 0.6) is 0 Å². The third-order valence-electron chi connectivity index (χ3n) is 0.530. The lowest BCUT2D eigenvalue weighted by Gasteiger charge is -1.96. The van der Waals surface area contributed by atoms with Crippen molar-refractivity contribution in [3.63, 3.8) is 0 Å². The Morgan fingerprint density at radius 3 is 2.00 bits per heavy atom. The van der Waals surface area contributed by atoms with Crippen LogP contribution in [0, 0.1) is 0 Å². The van der Waals surface area contributed by atoms with E-state index in [2.05, 4.69) is 18.4 Å². The second-order valence-corrected chi connectivity index (χ2v) is 4.51. The first kappa shape index (κ1) is 6.18. The van der Waals surface area contributed by atoms with Gasteiger partial charge in [-0.05, 0) is 13.2 Å². The monoisotopic (exact) mass is 102 g/mol. The molecule has 0 unspecified atom stereocenters. The van der Waals surface area contributed by atoms with Gasteiger partial charge in [-0.1, -0.05) is 13.1 Å². The molecular formula is C4H12NSi. The highest BCUT2D eigenvalue weighted by Gasteiger charge is 1.87. The van der Waals surface area contributed by atoms with Gasteiger partial charge < -0.3 is 5.32 Å². The molecule has 0 fully saturated rings. The van der Waals surface area contributed by atoms with E-state index in [4.69, 9.17) is 0 Å². The molecule has 1 nitrogen and oxygen atoms in total. The van der Waals surface area contributed by atoms with Crippen molar-refractivity contribution in [3.05, 3.63) is 0 Å². The molecule has 6 heavy (non-hydrogen) atoms. The minimum atomic E-state index is 0.00334. The maximum atomic E-state index is 3.11. The highest BCUT2D eigenvalue weighted by molar-refractivity contribution is 6.55. The van der Waals surface area contributed by atoms with E-state index >= 15 is 0 Å². The fourth-order valence-corrected chi connectivity index (χ4v) is 1.06. The second-order valence-electron chi connectivity index (χ2n) is 1.74. The van der Waals surface area contributed by atoms with Gasteiger partial charge in [0.25, 0.3) is 0 Å². The smallest absolute Gasteiger partial charge is 0.0581 e. The normalized spacial score (nSPS) is 10.0. The molecule has 0 atom stereocenters. The molecule has 0 saturated heterocycles. The van der Waals surface area contributed by atoms with Gasteiger partial charge in [-0.25, -0.2) is 0 Å². The van der Waals surface area contributed by atoms with Gasteiger partial charge in [0.05, 0.1) is 8.80 Å². The van der Waals surface area contributed by atoms with Crippen molar-refractivity contribution >= 4 is 8.80 Å². The van der Waals surface area contributed by atoms with Gasteiger partial charge in [0.15, 0.2) is 0 Å². The van der Waals surface area contributed by atoms with Crippen LogP contribution < -0.4 is 5.32 Å². The van der Waals surface area contributed by atoms with E-state index in [0.29, 0.717) is 0 Å². The Morgan fingerprint density at radius 1 is 1.50 bits per heavy atom. The molecule has 0 spiro atoms. The van der Waals surface area contributed by atoms with Gasteiger partial charge in [-0.15, -0.1) is 0 Å². The van der Waals surface area contributed by atoms with Gasteiger partial charge in [0.1, 0.15) is 0 Å². The molecule has 0 saturated carbocycles. The van der Waals surface area contributed by atoms with Crippen LogP contribution in [0.3, 0.4) is 0 Å². The third kappa shape index (κ3) is 4.18. The van der Waals surface area contributed by atoms with Crippen molar-refractivity contribution in [1.29, 1.82) is 0 Å². The van der Waals surface area contributed by atoms with Gasteiger partial charge in [0, 0.05) is 0 Å². The molecule has 0 aromatic heterocycles. The summed E-state index contributed by atoms with van der Waals surface area (Å²) in [5.74, 6) is 0. The van der Waals surface area contributed by atoms with E-state index < -0.39 is 0 Å². The number of hydrogen-bond donors (Lipinski definition) is 1. The van der Waals surface area contributed by atoms with Gasteiger partial charge in [-0.3, -0.25) is 0 Å². The van der Waals surface area contributed by atoms with E-state index in [-0.39, 0.29) is 8.80 Å². The number of rotatable bonds is 2. The number of nitrogens with one attached hydrogen (secondary N) is 1. The van der Waals surface area contributed by atoms with Gasteiger partial charge >= 0.3 is 0 Å². The molecule has 0 amide bonds. The zero-order valence-corrected chi connectivity index (χ0v) is 5.71. The Balaban J connectivity index is 2.63. The van der Waals surface area contributed by atoms with Crippen LogP contribution in [-0.4, -0.2) is 22.0 Å². The van der Waals surface area contributed by atoms with Crippen LogP contribution in [0.15, 0.2) is 0 Å². The molecule has 0 rings (SSSR count). The van der Waals surface area contributed by atoms with Crippen molar-refractivity contribution in [2.75, 3.05) is 13.2 Å². The maximum Gasteiger partial charge on any atom is 0.0581 e. The molecule has 37 valence electrons. The van der Waals surface area contributed by atoms with Gasteiger partial charge in [0.2, 0.25) is 0 Å². The van der Waals surface area contributed by atoms with Crippen molar-refractivity contribution in [2.45, 2.75) is 13.1 Å². The molecule has 2 heteroatoms. The Bertz CT molecular complexity index is 28.7. The molecule has 1 radical (unpaired) electrons. The highest BCUT2D eigenvalue weighted by atomic mass is 28.3. The van der Waals surface area contributed by atoms with E-state index in [1.54, 1.807) is 0 Å². The molecule has 0 bridgehead atoms. The molecule has 0 aliphatic heterocycles. The Labute approximate surface area is 41.4 Å². The summed E-state index contributed by atoms with van der Waals surface area (Å²) in [6.07, 6.45) is 1.23. The van der Waals surface area contributed by atoms with Crippen LogP contribution in [0.1, 0.15) is 0 Å². The predicted molar refractivity (Wildman–Crippen MR) is 31.4 cm³/mol. The minimum Gasteiger partial charge on any atom is -0.323 e. The fourth-order valence-electron chi connectivity index (χ4n) is 0.354. The SMILES string of the molecule is CNC[Si](C)C. The van der Waals surface area contributed by atoms with E-state index in [1.165, 1.54) is 6.17 Å². The summed E-state index contributed by atoms with van der Waals surface area (Å²) < 4.78 is 0. The molecule has 0 aliphatic rings. The third-order valence-corrected chi connectivity index (χ3v) is 1.59. The number of hydrogen-bond acceptors (Lipinski definition) is 1. The maximum absolute atomic E-state index is 3.11. The van der Waals surface area contributed by atoms with Crippen LogP contribution >= 0.6 is 0 Å². The Kier molecular flexibility index (Phi) is 3.47. The summed E-state index contributed by atoms with van der Waals surface area (Å²) >= 11 is 0. The minimum absolute atomic E-state index is 0.00334. The molecule has 0 aromatic carbocycles. The summed E-state index contributed by atoms with van der Waals surface area (Å²) in [5.41, 5.74) is 0. The van der Waals surface area contributed by atoms with Gasteiger partial charge in [-0.2, -0.15) is 0 Å². The lowest BCUT2D eigenvalue weighted by molar-refractivity contribution is 0.959. The summed E-state index contributed by atoms with van der Waals surface area (Å²) in [6.45, 7) is 4.59. The first-order chi connectivity index (χ1) is 2.77. The summed E-state index contributed by atoms with van der Waals surface area (Å²) in [7, 11) is 2.00. The Hall–Kier alpha value is 0.177. The van der Waals surface area contributed by atoms with E-state index in [1.807, 2.05) is 7.05 Å². The zero-order valence-electron chi connectivity index (χ0n) is 4.71. The topological polar surface area (TPSA) is 12.0 Å². The second kappa shape index (κ2) is 3.37. The lowest BCUT2D eigenvalue weighted by Crippen LogP contribution is -2.21. The molecule has 0 aromatic rings. The molecule has 0 heterocycles. The van der Waals surface area contributed by atoms with Crippen molar-refractivity contribution < 1.29 is 0 Å². The summed E-state index contributed by atoms with van der Waals surface area (Å²) in [5, 5.41) is 3.11. The molecule has 1 N–H and O–H groups in total. The molecule has 0 aliphatic carbocycles. The van der Waals surface area contributed by atoms with Crippen LogP contribution in [0.2, 0.25) is 13.1 Å². The highest BCUT2D eigenvalue weighted by Crippen LogP contribution is 1.70. The van der Waals surface area contributed by atoms with Crippen molar-refractivity contribution in [2.24, 2.45) is 0 Å². The first-order valence-electron chi connectivity index (χ1n) is 2.21. The largest absolute Gasteiger partial charge is 0.323 e. The standard InChI is InChI=1S/C4H12NSi/c1-5-4-6(2)3/h5H,4H2,1-3H3. The Morgan fingerprint density at radius 2 is 2.00 bits per heavy atom. The average Bonchev–Trinajstić information content (AvgIpc) is 1.35. The van der Waals surface area contributed by atoms with Crippen LogP contribution in [0.25, 0.3) is 0 Å². The fraction of sp³-hybridized carbons (Fsp3) is 1.00. The van der Waals surface area contributed by atoms with Crippen molar-refractivity contribution in [1.82, 2.24) is 5.32 Å². The predicted octanol–water partition coefficient (Wildman–Crippen LogP) is 0.499. The average molecular weight is 102 g/mol. The van der Waals surface area contributed by atoms with Crippen molar-refractivity contribution in [3.8, 4) is 0 Å². The first-order valence-corrected chi connectivity index (χ1v) is 4.91.